The zero-order chi connectivity index (χ0) is 14.3. The standard InChI is InChI=1S/C13H21NO3S2/c1-4-14(5-2)10-11-18-17-19(15,16)13-8-6-12(3)7-9-13/h6-9H,4-5,10-11H2,1-3H3. The molecule has 0 atom stereocenters. The Morgan fingerprint density at radius 2 is 1.74 bits per heavy atom. The van der Waals surface area contributed by atoms with Crippen LogP contribution in [0.4, 0.5) is 0 Å². The van der Waals surface area contributed by atoms with Crippen molar-refractivity contribution in [3.8, 4) is 0 Å². The lowest BCUT2D eigenvalue weighted by atomic mass is 10.2. The highest BCUT2D eigenvalue weighted by atomic mass is 32.3. The van der Waals surface area contributed by atoms with Gasteiger partial charge in [0.05, 0.1) is 4.90 Å². The van der Waals surface area contributed by atoms with Crippen LogP contribution in [0.1, 0.15) is 19.4 Å². The molecule has 0 bridgehead atoms. The number of benzene rings is 1. The molecule has 0 saturated heterocycles. The molecule has 0 spiro atoms. The summed E-state index contributed by atoms with van der Waals surface area (Å²) in [6.07, 6.45) is 0. The summed E-state index contributed by atoms with van der Waals surface area (Å²) >= 11 is 0.989. The molecular formula is C13H21NO3S2. The van der Waals surface area contributed by atoms with Gasteiger partial charge in [-0.3, -0.25) is 0 Å². The molecule has 0 saturated carbocycles. The molecule has 6 heteroatoms. The molecule has 0 N–H and O–H groups in total. The van der Waals surface area contributed by atoms with Crippen molar-refractivity contribution in [2.24, 2.45) is 0 Å². The van der Waals surface area contributed by atoms with Gasteiger partial charge in [-0.25, -0.2) is 0 Å². The number of aryl methyl sites for hydroxylation is 1. The summed E-state index contributed by atoms with van der Waals surface area (Å²) in [6.45, 7) is 8.82. The first-order valence-corrected chi connectivity index (χ1v) is 8.66. The fourth-order valence-corrected chi connectivity index (χ4v) is 3.44. The van der Waals surface area contributed by atoms with Crippen LogP contribution in [0.3, 0.4) is 0 Å². The second-order valence-electron chi connectivity index (χ2n) is 4.18. The quantitative estimate of drug-likeness (QED) is 0.546. The van der Waals surface area contributed by atoms with Crippen LogP contribution in [0.2, 0.25) is 0 Å². The van der Waals surface area contributed by atoms with E-state index in [2.05, 4.69) is 18.7 Å². The van der Waals surface area contributed by atoms with Crippen molar-refractivity contribution in [2.45, 2.75) is 25.7 Å². The van der Waals surface area contributed by atoms with Gasteiger partial charge in [-0.1, -0.05) is 31.5 Å². The topological polar surface area (TPSA) is 46.6 Å². The van der Waals surface area contributed by atoms with E-state index in [9.17, 15) is 8.42 Å². The van der Waals surface area contributed by atoms with Crippen LogP contribution in [-0.2, 0) is 13.7 Å². The van der Waals surface area contributed by atoms with E-state index in [-0.39, 0.29) is 4.90 Å². The van der Waals surface area contributed by atoms with Crippen molar-refractivity contribution in [2.75, 3.05) is 25.4 Å². The monoisotopic (exact) mass is 303 g/mol. The van der Waals surface area contributed by atoms with Gasteiger partial charge in [0.1, 0.15) is 0 Å². The minimum atomic E-state index is -3.64. The van der Waals surface area contributed by atoms with Crippen molar-refractivity contribution in [1.29, 1.82) is 0 Å². The van der Waals surface area contributed by atoms with Crippen molar-refractivity contribution >= 4 is 22.2 Å². The fraction of sp³-hybridized carbons (Fsp3) is 0.538. The normalized spacial score (nSPS) is 12.0. The van der Waals surface area contributed by atoms with Crippen molar-refractivity contribution in [3.05, 3.63) is 29.8 Å². The van der Waals surface area contributed by atoms with Gasteiger partial charge in [0.2, 0.25) is 0 Å². The molecule has 0 aromatic heterocycles. The van der Waals surface area contributed by atoms with Crippen molar-refractivity contribution in [1.82, 2.24) is 4.90 Å². The van der Waals surface area contributed by atoms with Gasteiger partial charge >= 0.3 is 10.1 Å². The largest absolute Gasteiger partial charge is 0.307 e. The average molecular weight is 303 g/mol. The van der Waals surface area contributed by atoms with E-state index in [0.29, 0.717) is 5.75 Å². The molecule has 108 valence electrons. The maximum absolute atomic E-state index is 11.9. The Labute approximate surface area is 120 Å². The third-order valence-electron chi connectivity index (χ3n) is 2.83. The molecule has 0 radical (unpaired) electrons. The maximum atomic E-state index is 11.9. The smallest absolute Gasteiger partial charge is 0.303 e. The van der Waals surface area contributed by atoms with Gasteiger partial charge in [0.15, 0.2) is 0 Å². The minimum absolute atomic E-state index is 0.202. The third kappa shape index (κ3) is 5.52. The molecule has 1 aromatic rings. The second-order valence-corrected chi connectivity index (χ2v) is 6.75. The van der Waals surface area contributed by atoms with Gasteiger partial charge in [-0.15, -0.1) is 0 Å². The SMILES string of the molecule is CCN(CC)CCSOS(=O)(=O)c1ccc(C)cc1. The summed E-state index contributed by atoms with van der Waals surface area (Å²) in [7, 11) is -3.64. The number of nitrogens with zero attached hydrogens (tertiary/aromatic N) is 1. The van der Waals surface area contributed by atoms with Crippen molar-refractivity contribution < 1.29 is 12.0 Å². The summed E-state index contributed by atoms with van der Waals surface area (Å²) < 4.78 is 28.7. The predicted octanol–water partition coefficient (Wildman–Crippen LogP) is 2.69. The van der Waals surface area contributed by atoms with E-state index >= 15 is 0 Å². The number of hydrogen-bond acceptors (Lipinski definition) is 5. The summed E-state index contributed by atoms with van der Waals surface area (Å²) in [6, 6.07) is 6.65. The van der Waals surface area contributed by atoms with Gasteiger partial charge in [-0.2, -0.15) is 12.0 Å². The molecular weight excluding hydrogens is 282 g/mol. The first kappa shape index (κ1) is 16.5. The first-order chi connectivity index (χ1) is 8.99. The molecule has 0 aliphatic rings. The van der Waals surface area contributed by atoms with E-state index in [1.165, 1.54) is 0 Å². The molecule has 1 rings (SSSR count). The Morgan fingerprint density at radius 3 is 2.26 bits per heavy atom. The lowest BCUT2D eigenvalue weighted by molar-refractivity contribution is 0.323. The molecule has 19 heavy (non-hydrogen) atoms. The lowest BCUT2D eigenvalue weighted by Crippen LogP contribution is -2.25. The Hall–Kier alpha value is -0.560. The molecule has 0 unspecified atom stereocenters. The van der Waals surface area contributed by atoms with Gasteiger partial charge in [-0.05, 0) is 32.1 Å². The van der Waals surface area contributed by atoms with E-state index in [1.54, 1.807) is 24.3 Å². The lowest BCUT2D eigenvalue weighted by Gasteiger charge is -2.16. The molecule has 0 aliphatic carbocycles. The zero-order valence-corrected chi connectivity index (χ0v) is 13.3. The summed E-state index contributed by atoms with van der Waals surface area (Å²) in [4.78, 5) is 2.42. The highest BCUT2D eigenvalue weighted by molar-refractivity contribution is 8.04. The summed E-state index contributed by atoms with van der Waals surface area (Å²) in [5.74, 6) is 0.632. The average Bonchev–Trinajstić information content (AvgIpc) is 2.39. The van der Waals surface area contributed by atoms with Gasteiger partial charge < -0.3 is 4.90 Å². The Morgan fingerprint density at radius 1 is 1.16 bits per heavy atom. The highest BCUT2D eigenvalue weighted by Crippen LogP contribution is 2.18. The molecule has 4 nitrogen and oxygen atoms in total. The molecule has 0 fully saturated rings. The van der Waals surface area contributed by atoms with Crippen LogP contribution < -0.4 is 0 Å². The predicted molar refractivity (Wildman–Crippen MR) is 79.7 cm³/mol. The molecule has 0 amide bonds. The maximum Gasteiger partial charge on any atom is 0.307 e. The minimum Gasteiger partial charge on any atom is -0.303 e. The van der Waals surface area contributed by atoms with E-state index in [1.807, 2.05) is 6.92 Å². The van der Waals surface area contributed by atoms with Crippen LogP contribution in [0.25, 0.3) is 0 Å². The third-order valence-corrected chi connectivity index (χ3v) is 5.13. The van der Waals surface area contributed by atoms with Crippen molar-refractivity contribution in [3.63, 3.8) is 0 Å². The van der Waals surface area contributed by atoms with Gasteiger partial charge in [0, 0.05) is 24.3 Å². The highest BCUT2D eigenvalue weighted by Gasteiger charge is 2.15. The van der Waals surface area contributed by atoms with Crippen LogP contribution >= 0.6 is 12.0 Å². The Balaban J connectivity index is 2.45. The Bertz CT molecular complexity index is 467. The molecule has 0 heterocycles. The van der Waals surface area contributed by atoms with Crippen LogP contribution in [-0.4, -0.2) is 38.7 Å². The van der Waals surface area contributed by atoms with E-state index in [4.69, 9.17) is 3.63 Å². The van der Waals surface area contributed by atoms with Crippen LogP contribution in [0, 0.1) is 6.92 Å². The number of rotatable bonds is 8. The zero-order valence-electron chi connectivity index (χ0n) is 11.6. The second kappa shape index (κ2) is 7.89. The van der Waals surface area contributed by atoms with Gasteiger partial charge in [0.25, 0.3) is 0 Å². The number of hydrogen-bond donors (Lipinski definition) is 0. The Kier molecular flexibility index (Phi) is 6.85. The molecule has 0 aliphatic heterocycles. The fourth-order valence-electron chi connectivity index (χ4n) is 1.55. The summed E-state index contributed by atoms with van der Waals surface area (Å²) in [5, 5.41) is 0. The van der Waals surface area contributed by atoms with E-state index < -0.39 is 10.1 Å². The van der Waals surface area contributed by atoms with Crippen LogP contribution in [0.5, 0.6) is 0 Å². The first-order valence-electron chi connectivity index (χ1n) is 6.34. The summed E-state index contributed by atoms with van der Waals surface area (Å²) in [5.41, 5.74) is 1.02. The van der Waals surface area contributed by atoms with E-state index in [0.717, 1.165) is 37.2 Å². The van der Waals surface area contributed by atoms with Crippen LogP contribution in [0.15, 0.2) is 29.2 Å². The molecule has 1 aromatic carbocycles.